The molecule has 0 saturated carbocycles. The van der Waals surface area contributed by atoms with Crippen molar-refractivity contribution in [1.29, 1.82) is 0 Å². The first-order valence-electron chi connectivity index (χ1n) is 4.43. The second-order valence-electron chi connectivity index (χ2n) is 3.36. The van der Waals surface area contributed by atoms with E-state index in [2.05, 4.69) is 36.8 Å². The van der Waals surface area contributed by atoms with Gasteiger partial charge in [0, 0.05) is 24.0 Å². The lowest BCUT2D eigenvalue weighted by Crippen LogP contribution is -2.26. The van der Waals surface area contributed by atoms with Gasteiger partial charge in [0.05, 0.1) is 22.0 Å². The van der Waals surface area contributed by atoms with Crippen LogP contribution in [0.25, 0.3) is 0 Å². The number of amides is 1. The van der Waals surface area contributed by atoms with Crippen LogP contribution in [0.5, 0.6) is 0 Å². The number of carbonyl (C=O) groups is 1. The molecule has 80 valence electrons. The van der Waals surface area contributed by atoms with Gasteiger partial charge in [0.1, 0.15) is 0 Å². The second kappa shape index (κ2) is 4.09. The van der Waals surface area contributed by atoms with Crippen molar-refractivity contribution in [1.82, 2.24) is 4.98 Å². The summed E-state index contributed by atoms with van der Waals surface area (Å²) < 4.78 is 0.748. The molecule has 1 aliphatic rings. The average molecular weight is 335 g/mol. The number of hydrogen-bond acceptors (Lipinski definition) is 3. The Labute approximate surface area is 104 Å². The Balaban J connectivity index is 2.41. The Hall–Kier alpha value is -0.620. The molecule has 1 amide bonds. The smallest absolute Gasteiger partial charge is 0.228 e. The van der Waals surface area contributed by atoms with Crippen LogP contribution in [0.2, 0.25) is 0 Å². The standard InChI is InChI=1S/C9H9Br2N3O/c10-5-1-8(15)14(4-5)9-6(11)2-13-3-7(9)12/h2-3,5H,1,4,12H2. The topological polar surface area (TPSA) is 59.2 Å². The van der Waals surface area contributed by atoms with Crippen molar-refractivity contribution in [2.75, 3.05) is 17.2 Å². The van der Waals surface area contributed by atoms with Gasteiger partial charge in [0.2, 0.25) is 5.91 Å². The Kier molecular flexibility index (Phi) is 2.97. The number of aromatic nitrogens is 1. The highest BCUT2D eigenvalue weighted by molar-refractivity contribution is 9.10. The summed E-state index contributed by atoms with van der Waals surface area (Å²) in [5, 5.41) is 0. The van der Waals surface area contributed by atoms with E-state index >= 15 is 0 Å². The van der Waals surface area contributed by atoms with E-state index in [0.717, 1.165) is 10.2 Å². The summed E-state index contributed by atoms with van der Waals surface area (Å²) in [6, 6.07) is 0. The maximum atomic E-state index is 11.7. The molecule has 2 heterocycles. The van der Waals surface area contributed by atoms with E-state index in [9.17, 15) is 4.79 Å². The third-order valence-electron chi connectivity index (χ3n) is 2.25. The molecule has 0 radical (unpaired) electrons. The van der Waals surface area contributed by atoms with Crippen LogP contribution in [0.4, 0.5) is 11.4 Å². The Bertz CT molecular complexity index is 390. The van der Waals surface area contributed by atoms with Crippen LogP contribution < -0.4 is 10.6 Å². The summed E-state index contributed by atoms with van der Waals surface area (Å²) in [6.45, 7) is 0.644. The van der Waals surface area contributed by atoms with Crippen molar-refractivity contribution in [3.05, 3.63) is 16.9 Å². The van der Waals surface area contributed by atoms with E-state index in [1.165, 1.54) is 0 Å². The van der Waals surface area contributed by atoms with Gasteiger partial charge in [0.15, 0.2) is 0 Å². The first-order valence-corrected chi connectivity index (χ1v) is 6.14. The highest BCUT2D eigenvalue weighted by atomic mass is 79.9. The molecule has 6 heteroatoms. The minimum atomic E-state index is 0.0791. The van der Waals surface area contributed by atoms with Crippen LogP contribution in [0.1, 0.15) is 6.42 Å². The van der Waals surface area contributed by atoms with Gasteiger partial charge in [-0.3, -0.25) is 9.78 Å². The first kappa shape index (κ1) is 10.9. The molecule has 1 saturated heterocycles. The minimum absolute atomic E-state index is 0.0791. The number of halogens is 2. The molecule has 15 heavy (non-hydrogen) atoms. The zero-order chi connectivity index (χ0) is 11.0. The maximum absolute atomic E-state index is 11.7. The highest BCUT2D eigenvalue weighted by Gasteiger charge is 2.31. The number of anilines is 2. The molecule has 0 aromatic carbocycles. The number of alkyl halides is 1. The SMILES string of the molecule is Nc1cncc(Br)c1N1CC(Br)CC1=O. The summed E-state index contributed by atoms with van der Waals surface area (Å²) in [4.78, 5) is 17.5. The molecule has 1 aliphatic heterocycles. The fourth-order valence-corrected chi connectivity index (χ4v) is 2.74. The molecule has 1 aromatic heterocycles. The zero-order valence-corrected chi connectivity index (χ0v) is 11.0. The molecule has 0 aliphatic carbocycles. The zero-order valence-electron chi connectivity index (χ0n) is 7.78. The molecule has 2 N–H and O–H groups in total. The predicted octanol–water partition coefficient (Wildman–Crippen LogP) is 1.93. The summed E-state index contributed by atoms with van der Waals surface area (Å²) in [5.74, 6) is 0.0791. The minimum Gasteiger partial charge on any atom is -0.396 e. The van der Waals surface area contributed by atoms with Crippen molar-refractivity contribution in [2.45, 2.75) is 11.2 Å². The van der Waals surface area contributed by atoms with Gasteiger partial charge < -0.3 is 10.6 Å². The van der Waals surface area contributed by atoms with Gasteiger partial charge in [-0.15, -0.1) is 0 Å². The van der Waals surface area contributed by atoms with Gasteiger partial charge in [-0.2, -0.15) is 0 Å². The van der Waals surface area contributed by atoms with E-state index in [0.29, 0.717) is 18.7 Å². The van der Waals surface area contributed by atoms with E-state index < -0.39 is 0 Å². The third kappa shape index (κ3) is 2.01. The third-order valence-corrected chi connectivity index (χ3v) is 3.44. The highest BCUT2D eigenvalue weighted by Crippen LogP contribution is 2.35. The number of carbonyl (C=O) groups excluding carboxylic acids is 1. The maximum Gasteiger partial charge on any atom is 0.228 e. The summed E-state index contributed by atoms with van der Waals surface area (Å²) in [7, 11) is 0. The number of rotatable bonds is 1. The molecular weight excluding hydrogens is 326 g/mol. The fraction of sp³-hybridized carbons (Fsp3) is 0.333. The number of hydrogen-bond donors (Lipinski definition) is 1. The van der Waals surface area contributed by atoms with Gasteiger partial charge in [-0.25, -0.2) is 0 Å². The van der Waals surface area contributed by atoms with Crippen molar-refractivity contribution in [3.8, 4) is 0 Å². The molecule has 1 unspecified atom stereocenters. The van der Waals surface area contributed by atoms with Crippen LogP contribution in [0, 0.1) is 0 Å². The van der Waals surface area contributed by atoms with Crippen molar-refractivity contribution >= 4 is 49.1 Å². The molecule has 1 aromatic rings. The Morgan fingerprint density at radius 1 is 1.53 bits per heavy atom. The van der Waals surface area contributed by atoms with E-state index in [4.69, 9.17) is 5.73 Å². The molecule has 0 bridgehead atoms. The van der Waals surface area contributed by atoms with Gasteiger partial charge in [-0.1, -0.05) is 15.9 Å². The van der Waals surface area contributed by atoms with Crippen LogP contribution >= 0.6 is 31.9 Å². The number of nitrogens with two attached hydrogens (primary N) is 1. The van der Waals surface area contributed by atoms with Gasteiger partial charge >= 0.3 is 0 Å². The van der Waals surface area contributed by atoms with Gasteiger partial charge in [0.25, 0.3) is 0 Å². The Morgan fingerprint density at radius 3 is 2.80 bits per heavy atom. The van der Waals surface area contributed by atoms with E-state index in [1.54, 1.807) is 17.3 Å². The summed E-state index contributed by atoms with van der Waals surface area (Å²) in [6.07, 6.45) is 3.70. The lowest BCUT2D eigenvalue weighted by molar-refractivity contribution is -0.117. The van der Waals surface area contributed by atoms with Crippen LogP contribution in [-0.4, -0.2) is 22.3 Å². The van der Waals surface area contributed by atoms with Crippen LogP contribution in [0.15, 0.2) is 16.9 Å². The van der Waals surface area contributed by atoms with Crippen molar-refractivity contribution in [2.24, 2.45) is 0 Å². The molecular formula is C9H9Br2N3O. The van der Waals surface area contributed by atoms with Crippen LogP contribution in [-0.2, 0) is 4.79 Å². The predicted molar refractivity (Wildman–Crippen MR) is 66.0 cm³/mol. The summed E-state index contributed by atoms with van der Waals surface area (Å²) >= 11 is 6.78. The van der Waals surface area contributed by atoms with Crippen molar-refractivity contribution in [3.63, 3.8) is 0 Å². The second-order valence-corrected chi connectivity index (χ2v) is 5.51. The number of nitrogen functional groups attached to an aromatic ring is 1. The monoisotopic (exact) mass is 333 g/mol. The van der Waals surface area contributed by atoms with Crippen molar-refractivity contribution < 1.29 is 4.79 Å². The molecule has 2 rings (SSSR count). The lowest BCUT2D eigenvalue weighted by atomic mass is 10.3. The fourth-order valence-electron chi connectivity index (χ4n) is 1.61. The normalized spacial score (nSPS) is 21.1. The quantitative estimate of drug-likeness (QED) is 0.798. The van der Waals surface area contributed by atoms with E-state index in [1.807, 2.05) is 0 Å². The first-order chi connectivity index (χ1) is 7.09. The number of pyridine rings is 1. The summed E-state index contributed by atoms with van der Waals surface area (Å²) in [5.41, 5.74) is 7.04. The molecule has 0 spiro atoms. The Morgan fingerprint density at radius 2 is 2.27 bits per heavy atom. The van der Waals surface area contributed by atoms with E-state index in [-0.39, 0.29) is 10.7 Å². The molecule has 4 nitrogen and oxygen atoms in total. The number of nitrogens with zero attached hydrogens (tertiary/aromatic N) is 2. The average Bonchev–Trinajstić information content (AvgIpc) is 2.45. The van der Waals surface area contributed by atoms with Crippen LogP contribution in [0.3, 0.4) is 0 Å². The van der Waals surface area contributed by atoms with Gasteiger partial charge in [-0.05, 0) is 15.9 Å². The largest absolute Gasteiger partial charge is 0.396 e. The lowest BCUT2D eigenvalue weighted by Gasteiger charge is -2.19. The molecule has 1 fully saturated rings. The molecule has 1 atom stereocenters.